The van der Waals surface area contributed by atoms with Crippen molar-refractivity contribution in [3.05, 3.63) is 24.3 Å². The normalized spacial score (nSPS) is 26.0. The van der Waals surface area contributed by atoms with Crippen LogP contribution in [0.5, 0.6) is 5.75 Å². The van der Waals surface area contributed by atoms with Gasteiger partial charge in [0.05, 0.1) is 12.6 Å². The zero-order chi connectivity index (χ0) is 15.4. The summed E-state index contributed by atoms with van der Waals surface area (Å²) >= 11 is 0. The number of carbonyl (C=O) groups excluding carboxylic acids is 1. The fourth-order valence-corrected chi connectivity index (χ4v) is 3.60. The van der Waals surface area contributed by atoms with Gasteiger partial charge < -0.3 is 15.4 Å². The van der Waals surface area contributed by atoms with E-state index in [1.165, 1.54) is 25.7 Å². The van der Waals surface area contributed by atoms with E-state index in [4.69, 9.17) is 4.74 Å². The summed E-state index contributed by atoms with van der Waals surface area (Å²) in [6.07, 6.45) is 7.07. The van der Waals surface area contributed by atoms with E-state index >= 15 is 0 Å². The fraction of sp³-hybridized carbons (Fsp3) is 0.611. The maximum atomic E-state index is 12.4. The van der Waals surface area contributed by atoms with Crippen LogP contribution in [-0.4, -0.2) is 24.6 Å². The minimum Gasteiger partial charge on any atom is -0.494 e. The molecule has 3 unspecified atom stereocenters. The summed E-state index contributed by atoms with van der Waals surface area (Å²) in [6.45, 7) is 2.81. The first-order chi connectivity index (χ1) is 10.8. The Bertz CT molecular complexity index is 492. The molecule has 0 bridgehead atoms. The summed E-state index contributed by atoms with van der Waals surface area (Å²) in [7, 11) is 0. The van der Waals surface area contributed by atoms with Gasteiger partial charge in [0.25, 0.3) is 0 Å². The van der Waals surface area contributed by atoms with E-state index in [2.05, 4.69) is 17.6 Å². The molecular weight excluding hydrogens is 312 g/mol. The third-order valence-electron chi connectivity index (χ3n) is 4.77. The Hall–Kier alpha value is -1.26. The van der Waals surface area contributed by atoms with Crippen molar-refractivity contribution in [1.29, 1.82) is 0 Å². The number of nitrogens with one attached hydrogen (secondary N) is 2. The highest BCUT2D eigenvalue weighted by molar-refractivity contribution is 5.95. The van der Waals surface area contributed by atoms with Gasteiger partial charge in [-0.2, -0.15) is 0 Å². The second-order valence-electron chi connectivity index (χ2n) is 6.47. The molecule has 2 N–H and O–H groups in total. The number of halogens is 1. The predicted octanol–water partition coefficient (Wildman–Crippen LogP) is 3.76. The zero-order valence-electron chi connectivity index (χ0n) is 13.7. The summed E-state index contributed by atoms with van der Waals surface area (Å²) in [5.41, 5.74) is 0.838. The molecule has 128 valence electrons. The third kappa shape index (κ3) is 4.61. The Labute approximate surface area is 144 Å². The molecule has 1 aliphatic heterocycles. The number of hydrogen-bond donors (Lipinski definition) is 2. The van der Waals surface area contributed by atoms with Crippen molar-refractivity contribution >= 4 is 24.0 Å². The lowest BCUT2D eigenvalue weighted by Gasteiger charge is -2.24. The Morgan fingerprint density at radius 2 is 2.00 bits per heavy atom. The number of benzene rings is 1. The Kier molecular flexibility index (Phi) is 6.72. The van der Waals surface area contributed by atoms with Gasteiger partial charge in [0, 0.05) is 11.7 Å². The van der Waals surface area contributed by atoms with Crippen LogP contribution in [0.4, 0.5) is 5.69 Å². The molecule has 1 aromatic rings. The van der Waals surface area contributed by atoms with Crippen molar-refractivity contribution in [1.82, 2.24) is 5.32 Å². The molecule has 3 atom stereocenters. The number of ether oxygens (including phenoxy) is 1. The van der Waals surface area contributed by atoms with Crippen LogP contribution >= 0.6 is 12.4 Å². The highest BCUT2D eigenvalue weighted by Crippen LogP contribution is 2.33. The van der Waals surface area contributed by atoms with Gasteiger partial charge in [-0.25, -0.2) is 0 Å². The van der Waals surface area contributed by atoms with Crippen LogP contribution in [0.15, 0.2) is 24.3 Å². The number of carbonyl (C=O) groups is 1. The van der Waals surface area contributed by atoms with Crippen molar-refractivity contribution in [2.24, 2.45) is 5.92 Å². The van der Waals surface area contributed by atoms with Gasteiger partial charge in [0.1, 0.15) is 5.75 Å². The summed E-state index contributed by atoms with van der Waals surface area (Å²) in [5.74, 6) is 1.64. The first-order valence-electron chi connectivity index (χ1n) is 8.56. The molecule has 1 saturated carbocycles. The van der Waals surface area contributed by atoms with Crippen molar-refractivity contribution < 1.29 is 9.53 Å². The number of anilines is 1. The molecule has 3 rings (SSSR count). The molecular formula is C18H27ClN2O2. The van der Waals surface area contributed by atoms with Crippen LogP contribution in [0.2, 0.25) is 0 Å². The van der Waals surface area contributed by atoms with E-state index in [-0.39, 0.29) is 24.4 Å². The molecule has 1 heterocycles. The van der Waals surface area contributed by atoms with Gasteiger partial charge in [0.2, 0.25) is 5.91 Å². The van der Waals surface area contributed by atoms with Crippen LogP contribution in [-0.2, 0) is 4.79 Å². The maximum Gasteiger partial charge on any atom is 0.241 e. The molecule has 1 amide bonds. The van der Waals surface area contributed by atoms with Crippen molar-refractivity contribution in [3.8, 4) is 5.75 Å². The fourth-order valence-electron chi connectivity index (χ4n) is 3.60. The summed E-state index contributed by atoms with van der Waals surface area (Å²) in [5, 5.41) is 6.54. The molecule has 1 aromatic carbocycles. The molecule has 4 nitrogen and oxygen atoms in total. The second-order valence-corrected chi connectivity index (χ2v) is 6.47. The summed E-state index contributed by atoms with van der Waals surface area (Å²) in [4.78, 5) is 12.4. The Morgan fingerprint density at radius 3 is 2.70 bits per heavy atom. The average molecular weight is 339 g/mol. The Balaban J connectivity index is 0.00000192. The smallest absolute Gasteiger partial charge is 0.241 e. The molecule has 2 fully saturated rings. The van der Waals surface area contributed by atoms with Gasteiger partial charge in [-0.1, -0.05) is 19.8 Å². The topological polar surface area (TPSA) is 50.4 Å². The Morgan fingerprint density at radius 1 is 1.26 bits per heavy atom. The summed E-state index contributed by atoms with van der Waals surface area (Å²) < 4.78 is 5.55. The van der Waals surface area contributed by atoms with Crippen LogP contribution in [0.3, 0.4) is 0 Å². The van der Waals surface area contributed by atoms with Gasteiger partial charge >= 0.3 is 0 Å². The first-order valence-corrected chi connectivity index (χ1v) is 8.56. The van der Waals surface area contributed by atoms with Crippen molar-refractivity contribution in [3.63, 3.8) is 0 Å². The molecule has 0 radical (unpaired) electrons. The number of hydrogen-bond acceptors (Lipinski definition) is 3. The predicted molar refractivity (Wildman–Crippen MR) is 95.4 cm³/mol. The standard InChI is InChI=1S/C18H26N2O2.ClH/c1-2-11-22-15-9-7-14(8-10-15)19-18(21)17-12-13-5-3-4-6-16(13)20-17;/h7-10,13,16-17,20H,2-6,11-12H2,1H3,(H,19,21);1H. The van der Waals surface area contributed by atoms with Crippen molar-refractivity contribution in [2.75, 3.05) is 11.9 Å². The average Bonchev–Trinajstić information content (AvgIpc) is 2.98. The lowest BCUT2D eigenvalue weighted by Crippen LogP contribution is -2.39. The van der Waals surface area contributed by atoms with Crippen LogP contribution in [0.1, 0.15) is 45.4 Å². The van der Waals surface area contributed by atoms with E-state index in [9.17, 15) is 4.79 Å². The first kappa shape index (κ1) is 18.1. The van der Waals surface area contributed by atoms with E-state index in [0.717, 1.165) is 30.9 Å². The van der Waals surface area contributed by atoms with Gasteiger partial charge in [-0.05, 0) is 55.9 Å². The molecule has 0 aromatic heterocycles. The van der Waals surface area contributed by atoms with E-state index in [1.54, 1.807) is 0 Å². The third-order valence-corrected chi connectivity index (χ3v) is 4.77. The highest BCUT2D eigenvalue weighted by atomic mass is 35.5. The van der Waals surface area contributed by atoms with E-state index in [1.807, 2.05) is 24.3 Å². The summed E-state index contributed by atoms with van der Waals surface area (Å²) in [6, 6.07) is 8.15. The van der Waals surface area contributed by atoms with Gasteiger partial charge in [-0.3, -0.25) is 4.79 Å². The van der Waals surface area contributed by atoms with Crippen LogP contribution < -0.4 is 15.4 Å². The van der Waals surface area contributed by atoms with Crippen molar-refractivity contribution in [2.45, 2.75) is 57.5 Å². The minimum absolute atomic E-state index is 0. The van der Waals surface area contributed by atoms with Gasteiger partial charge in [0.15, 0.2) is 0 Å². The number of amides is 1. The van der Waals surface area contributed by atoms with E-state index < -0.39 is 0 Å². The van der Waals surface area contributed by atoms with E-state index in [0.29, 0.717) is 12.0 Å². The van der Waals surface area contributed by atoms with Crippen LogP contribution in [0, 0.1) is 5.92 Å². The number of fused-ring (bicyclic) bond motifs is 1. The number of rotatable bonds is 5. The van der Waals surface area contributed by atoms with Gasteiger partial charge in [-0.15, -0.1) is 12.4 Å². The molecule has 0 spiro atoms. The lowest BCUT2D eigenvalue weighted by atomic mass is 9.85. The molecule has 1 aliphatic carbocycles. The zero-order valence-corrected chi connectivity index (χ0v) is 14.5. The molecule has 5 heteroatoms. The largest absolute Gasteiger partial charge is 0.494 e. The molecule has 2 aliphatic rings. The molecule has 23 heavy (non-hydrogen) atoms. The van der Waals surface area contributed by atoms with Crippen LogP contribution in [0.25, 0.3) is 0 Å². The maximum absolute atomic E-state index is 12.4. The monoisotopic (exact) mass is 338 g/mol. The quantitative estimate of drug-likeness (QED) is 0.859. The minimum atomic E-state index is -0.0379. The second kappa shape index (κ2) is 8.55. The highest BCUT2D eigenvalue weighted by Gasteiger charge is 2.38. The SMILES string of the molecule is CCCOc1ccc(NC(=O)C2CC3CCCCC3N2)cc1.Cl. The lowest BCUT2D eigenvalue weighted by molar-refractivity contribution is -0.117. The molecule has 1 saturated heterocycles.